The molecule has 4 rings (SSSR count). The van der Waals surface area contributed by atoms with Crippen molar-refractivity contribution in [2.75, 3.05) is 7.11 Å². The molecule has 0 radical (unpaired) electrons. The van der Waals surface area contributed by atoms with Crippen molar-refractivity contribution in [2.45, 2.75) is 12.6 Å². The summed E-state index contributed by atoms with van der Waals surface area (Å²) in [4.78, 5) is 26.4. The Morgan fingerprint density at radius 1 is 0.914 bits per heavy atom. The molecule has 0 saturated carbocycles. The molecule has 0 bridgehead atoms. The van der Waals surface area contributed by atoms with E-state index >= 15 is 0 Å². The minimum atomic E-state index is -0.536. The second-order valence-corrected chi connectivity index (χ2v) is 8.33. The second kappa shape index (κ2) is 10.8. The van der Waals surface area contributed by atoms with Gasteiger partial charge in [-0.1, -0.05) is 84.4 Å². The highest BCUT2D eigenvalue weighted by molar-refractivity contribution is 6.34. The predicted molar refractivity (Wildman–Crippen MR) is 136 cm³/mol. The van der Waals surface area contributed by atoms with Gasteiger partial charge < -0.3 is 9.64 Å². The van der Waals surface area contributed by atoms with Crippen LogP contribution in [0.2, 0.25) is 5.02 Å². The Balaban J connectivity index is 1.83. The molecule has 6 nitrogen and oxygen atoms in total. The van der Waals surface area contributed by atoms with E-state index < -0.39 is 11.0 Å². The van der Waals surface area contributed by atoms with Gasteiger partial charge in [0.1, 0.15) is 5.75 Å². The van der Waals surface area contributed by atoms with E-state index in [0.29, 0.717) is 5.75 Å². The molecule has 35 heavy (non-hydrogen) atoms. The zero-order chi connectivity index (χ0) is 24.8. The molecule has 0 aliphatic heterocycles. The molecular formula is C28H23ClN2O4. The summed E-state index contributed by atoms with van der Waals surface area (Å²) >= 11 is 6.38. The summed E-state index contributed by atoms with van der Waals surface area (Å²) in [5.74, 6) is 0.381. The van der Waals surface area contributed by atoms with Crippen LogP contribution < -0.4 is 4.74 Å². The molecular weight excluding hydrogens is 464 g/mol. The van der Waals surface area contributed by atoms with E-state index in [1.54, 1.807) is 12.0 Å². The van der Waals surface area contributed by atoms with Crippen molar-refractivity contribution < 1.29 is 14.5 Å². The van der Waals surface area contributed by atoms with Crippen molar-refractivity contribution in [3.8, 4) is 5.75 Å². The van der Waals surface area contributed by atoms with Gasteiger partial charge in [0.2, 0.25) is 0 Å². The Kier molecular flexibility index (Phi) is 7.43. The van der Waals surface area contributed by atoms with E-state index in [4.69, 9.17) is 16.3 Å². The monoisotopic (exact) mass is 486 g/mol. The number of hydrogen-bond acceptors (Lipinski definition) is 4. The van der Waals surface area contributed by atoms with Crippen LogP contribution in [-0.4, -0.2) is 22.8 Å². The first-order valence-corrected chi connectivity index (χ1v) is 11.3. The van der Waals surface area contributed by atoms with E-state index in [9.17, 15) is 14.9 Å². The number of methoxy groups -OCH3 is 1. The summed E-state index contributed by atoms with van der Waals surface area (Å²) in [6.45, 7) is 0.282. The molecule has 1 amide bonds. The van der Waals surface area contributed by atoms with Crippen LogP contribution in [-0.2, 0) is 6.54 Å². The van der Waals surface area contributed by atoms with Crippen molar-refractivity contribution in [3.63, 3.8) is 0 Å². The number of nitro groups is 1. The van der Waals surface area contributed by atoms with E-state index in [-0.39, 0.29) is 28.7 Å². The fourth-order valence-electron chi connectivity index (χ4n) is 3.98. The summed E-state index contributed by atoms with van der Waals surface area (Å²) in [6, 6.07) is 30.5. The Morgan fingerprint density at radius 3 is 1.97 bits per heavy atom. The summed E-state index contributed by atoms with van der Waals surface area (Å²) in [5, 5.41) is 11.2. The van der Waals surface area contributed by atoms with Gasteiger partial charge in [-0.15, -0.1) is 0 Å². The molecule has 0 fully saturated rings. The van der Waals surface area contributed by atoms with Gasteiger partial charge in [0.05, 0.1) is 28.7 Å². The Hall–Kier alpha value is -4.16. The molecule has 176 valence electrons. The Bertz CT molecular complexity index is 1270. The molecule has 0 aromatic heterocycles. The molecule has 0 aliphatic carbocycles. The SMILES string of the molecule is COc1ccc(CN(C(=O)c2ccc([N+](=O)[O-])cc2Cl)C(c2ccccc2)c2ccccc2)cc1. The first-order valence-electron chi connectivity index (χ1n) is 11.0. The highest BCUT2D eigenvalue weighted by atomic mass is 35.5. The molecule has 0 N–H and O–H groups in total. The number of hydrogen-bond donors (Lipinski definition) is 0. The number of ether oxygens (including phenoxy) is 1. The van der Waals surface area contributed by atoms with Crippen molar-refractivity contribution in [1.82, 2.24) is 4.90 Å². The molecule has 0 aliphatic rings. The summed E-state index contributed by atoms with van der Waals surface area (Å²) in [5.41, 5.74) is 2.78. The average Bonchev–Trinajstić information content (AvgIpc) is 2.89. The summed E-state index contributed by atoms with van der Waals surface area (Å²) < 4.78 is 5.27. The molecule has 0 unspecified atom stereocenters. The highest BCUT2D eigenvalue weighted by Gasteiger charge is 2.29. The fourth-order valence-corrected chi connectivity index (χ4v) is 4.23. The van der Waals surface area contributed by atoms with E-state index in [0.717, 1.165) is 16.7 Å². The van der Waals surface area contributed by atoms with Crippen molar-refractivity contribution in [2.24, 2.45) is 0 Å². The number of carbonyl (C=O) groups excluding carboxylic acids is 1. The predicted octanol–water partition coefficient (Wildman–Crippen LogP) is 6.69. The molecule has 0 heterocycles. The number of nitro benzene ring substituents is 1. The lowest BCUT2D eigenvalue weighted by Gasteiger charge is -2.33. The van der Waals surface area contributed by atoms with Crippen LogP contribution in [0.3, 0.4) is 0 Å². The van der Waals surface area contributed by atoms with Crippen molar-refractivity contribution in [1.29, 1.82) is 0 Å². The third-order valence-corrected chi connectivity index (χ3v) is 6.02. The van der Waals surface area contributed by atoms with Crippen LogP contribution in [0.15, 0.2) is 103 Å². The van der Waals surface area contributed by atoms with E-state index in [2.05, 4.69) is 0 Å². The van der Waals surface area contributed by atoms with Crippen LogP contribution in [0.5, 0.6) is 5.75 Å². The minimum absolute atomic E-state index is 0.0313. The normalized spacial score (nSPS) is 10.7. The maximum Gasteiger partial charge on any atom is 0.270 e. The van der Waals surface area contributed by atoms with Gasteiger partial charge in [-0.3, -0.25) is 14.9 Å². The topological polar surface area (TPSA) is 72.7 Å². The molecule has 4 aromatic carbocycles. The van der Waals surface area contributed by atoms with E-state index in [1.807, 2.05) is 84.9 Å². The third-order valence-electron chi connectivity index (χ3n) is 5.71. The summed E-state index contributed by atoms with van der Waals surface area (Å²) in [7, 11) is 1.60. The smallest absolute Gasteiger partial charge is 0.270 e. The first kappa shape index (κ1) is 24.0. The number of halogens is 1. The zero-order valence-corrected chi connectivity index (χ0v) is 19.8. The number of non-ortho nitro benzene ring substituents is 1. The van der Waals surface area contributed by atoms with E-state index in [1.165, 1.54) is 18.2 Å². The summed E-state index contributed by atoms with van der Waals surface area (Å²) in [6.07, 6.45) is 0. The van der Waals surface area contributed by atoms with Crippen LogP contribution in [0.4, 0.5) is 5.69 Å². The van der Waals surface area contributed by atoms with Crippen molar-refractivity contribution >= 4 is 23.2 Å². The van der Waals surface area contributed by atoms with Gasteiger partial charge in [-0.25, -0.2) is 0 Å². The lowest BCUT2D eigenvalue weighted by atomic mass is 9.95. The molecule has 4 aromatic rings. The van der Waals surface area contributed by atoms with Crippen molar-refractivity contribution in [3.05, 3.63) is 141 Å². The Labute approximate surface area is 208 Å². The molecule has 0 spiro atoms. The third kappa shape index (κ3) is 5.50. The Morgan fingerprint density at radius 2 is 1.49 bits per heavy atom. The highest BCUT2D eigenvalue weighted by Crippen LogP contribution is 2.33. The minimum Gasteiger partial charge on any atom is -0.497 e. The van der Waals surface area contributed by atoms with Crippen LogP contribution in [0.1, 0.15) is 33.1 Å². The van der Waals surface area contributed by atoms with Gasteiger partial charge in [-0.2, -0.15) is 0 Å². The number of carbonyl (C=O) groups is 1. The maximum atomic E-state index is 14.0. The van der Waals surface area contributed by atoms with Gasteiger partial charge in [0.15, 0.2) is 0 Å². The molecule has 7 heteroatoms. The van der Waals surface area contributed by atoms with Gasteiger partial charge >= 0.3 is 0 Å². The number of amides is 1. The average molecular weight is 487 g/mol. The first-order chi connectivity index (χ1) is 17.0. The van der Waals surface area contributed by atoms with Gasteiger partial charge in [-0.05, 0) is 34.9 Å². The largest absolute Gasteiger partial charge is 0.497 e. The van der Waals surface area contributed by atoms with Gasteiger partial charge in [0, 0.05) is 18.7 Å². The lowest BCUT2D eigenvalue weighted by molar-refractivity contribution is -0.384. The maximum absolute atomic E-state index is 14.0. The van der Waals surface area contributed by atoms with Crippen LogP contribution >= 0.6 is 11.6 Å². The number of nitrogens with zero attached hydrogens (tertiary/aromatic N) is 2. The van der Waals surface area contributed by atoms with Crippen LogP contribution in [0.25, 0.3) is 0 Å². The van der Waals surface area contributed by atoms with Gasteiger partial charge in [0.25, 0.3) is 11.6 Å². The number of rotatable bonds is 8. The quantitative estimate of drug-likeness (QED) is 0.205. The number of benzene rings is 4. The second-order valence-electron chi connectivity index (χ2n) is 7.93. The standard InChI is InChI=1S/C28H23ClN2O4/c1-35-24-15-12-20(13-16-24)19-30(28(32)25-17-14-23(31(33)34)18-26(25)29)27(21-8-4-2-5-9-21)22-10-6-3-7-11-22/h2-18,27H,19H2,1H3. The van der Waals surface area contributed by atoms with Crippen LogP contribution in [0, 0.1) is 10.1 Å². The molecule has 0 saturated heterocycles. The zero-order valence-electron chi connectivity index (χ0n) is 19.0. The molecule has 0 atom stereocenters. The lowest BCUT2D eigenvalue weighted by Crippen LogP contribution is -2.35. The fraction of sp³-hybridized carbons (Fsp3) is 0.107.